The molecular formula is C33H41FN4O4S2. The first-order valence-corrected chi connectivity index (χ1v) is 17.2. The molecule has 236 valence electrons. The molecule has 6 rings (SSSR count). The second-order valence-electron chi connectivity index (χ2n) is 13.0. The molecule has 0 saturated heterocycles. The van der Waals surface area contributed by atoms with Crippen LogP contribution in [-0.4, -0.2) is 62.4 Å². The fourth-order valence-electron chi connectivity index (χ4n) is 6.00. The highest BCUT2D eigenvalue weighted by Crippen LogP contribution is 2.42. The molecule has 0 spiro atoms. The number of methoxy groups -OCH3 is 2. The summed E-state index contributed by atoms with van der Waals surface area (Å²) in [7, 11) is -0.728. The van der Waals surface area contributed by atoms with Gasteiger partial charge in [-0.3, -0.25) is 4.98 Å². The molecule has 2 fully saturated rings. The van der Waals surface area contributed by atoms with E-state index in [2.05, 4.69) is 26.0 Å². The average Bonchev–Trinajstić information content (AvgIpc) is 3.92. The summed E-state index contributed by atoms with van der Waals surface area (Å²) in [6.45, 7) is 3.85. The summed E-state index contributed by atoms with van der Waals surface area (Å²) in [6, 6.07) is 9.70. The average molecular weight is 641 g/mol. The van der Waals surface area contributed by atoms with Gasteiger partial charge in [0.2, 0.25) is 10.0 Å². The maximum absolute atomic E-state index is 14.4. The van der Waals surface area contributed by atoms with Crippen LogP contribution in [0, 0.1) is 5.92 Å². The van der Waals surface area contributed by atoms with E-state index in [0.717, 1.165) is 58.7 Å². The van der Waals surface area contributed by atoms with Crippen LogP contribution in [0.5, 0.6) is 11.5 Å². The van der Waals surface area contributed by atoms with Gasteiger partial charge in [-0.05, 0) is 106 Å². The van der Waals surface area contributed by atoms with Crippen LogP contribution in [0.2, 0.25) is 0 Å². The van der Waals surface area contributed by atoms with Gasteiger partial charge in [0.1, 0.15) is 17.2 Å². The highest BCUT2D eigenvalue weighted by molar-refractivity contribution is 7.89. The Morgan fingerprint density at radius 3 is 2.55 bits per heavy atom. The number of hydrogen-bond acceptors (Lipinski definition) is 6. The van der Waals surface area contributed by atoms with Gasteiger partial charge >= 0.3 is 0 Å². The van der Waals surface area contributed by atoms with E-state index in [1.807, 2.05) is 24.3 Å². The van der Waals surface area contributed by atoms with Crippen LogP contribution in [-0.2, 0) is 29.4 Å². The molecule has 2 saturated carbocycles. The standard InChI is InChI=1S/C33H41FN4O4S2/c1-33(2,34)19-36-44(39,40)31-27-13-25(12-23(27)11-24-16-35-29(15-28(24)31)21-7-8-21)37-32(43)38(17-20-5-6-20)18-22-9-10-26(41-3)14-30(22)42-4/h9-11,14-16,20-21,25,36H,5-8,12-13,17-19H2,1-4H3,(H,37,43). The molecule has 0 aliphatic heterocycles. The molecule has 0 amide bonds. The van der Waals surface area contributed by atoms with Crippen molar-refractivity contribution in [1.29, 1.82) is 0 Å². The summed E-state index contributed by atoms with van der Waals surface area (Å²) in [5.74, 6) is 2.44. The van der Waals surface area contributed by atoms with E-state index < -0.39 is 15.7 Å². The first-order valence-electron chi connectivity index (χ1n) is 15.3. The van der Waals surface area contributed by atoms with E-state index in [1.165, 1.54) is 26.7 Å². The van der Waals surface area contributed by atoms with Crippen LogP contribution in [0.4, 0.5) is 4.39 Å². The minimum absolute atomic E-state index is 0.0868. The first-order chi connectivity index (χ1) is 20.9. The number of benzene rings is 2. The van der Waals surface area contributed by atoms with Crippen molar-refractivity contribution in [3.63, 3.8) is 0 Å². The summed E-state index contributed by atoms with van der Waals surface area (Å²) in [5.41, 5.74) is 1.95. The van der Waals surface area contributed by atoms with Crippen molar-refractivity contribution in [2.75, 3.05) is 27.3 Å². The molecule has 8 nitrogen and oxygen atoms in total. The lowest BCUT2D eigenvalue weighted by atomic mass is 10.0. The van der Waals surface area contributed by atoms with Crippen molar-refractivity contribution in [3.05, 3.63) is 58.9 Å². The molecule has 2 N–H and O–H groups in total. The van der Waals surface area contributed by atoms with Crippen molar-refractivity contribution in [2.45, 2.75) is 81.4 Å². The third kappa shape index (κ3) is 6.94. The van der Waals surface area contributed by atoms with Gasteiger partial charge in [-0.1, -0.05) is 0 Å². The fourth-order valence-corrected chi connectivity index (χ4v) is 7.99. The summed E-state index contributed by atoms with van der Waals surface area (Å²) in [4.78, 5) is 7.08. The Bertz CT molecular complexity index is 1680. The zero-order chi connectivity index (χ0) is 31.2. The number of nitrogens with one attached hydrogen (secondary N) is 2. The van der Waals surface area contributed by atoms with Crippen LogP contribution >= 0.6 is 12.2 Å². The van der Waals surface area contributed by atoms with Crippen LogP contribution in [0.3, 0.4) is 0 Å². The highest BCUT2D eigenvalue weighted by atomic mass is 32.2. The molecular weight excluding hydrogens is 600 g/mol. The topological polar surface area (TPSA) is 92.8 Å². The lowest BCUT2D eigenvalue weighted by molar-refractivity contribution is 0.221. The maximum atomic E-state index is 14.4. The molecule has 1 aromatic heterocycles. The predicted molar refractivity (Wildman–Crippen MR) is 174 cm³/mol. The fraction of sp³-hybridized carbons (Fsp3) is 0.515. The molecule has 2 aromatic carbocycles. The SMILES string of the molecule is COc1ccc(CN(CC2CC2)C(=S)NC2Cc3cc4cnc(C5CC5)cc4c(S(=O)(=O)NCC(C)(C)F)c3C2)c(OC)c1. The van der Waals surface area contributed by atoms with Crippen molar-refractivity contribution >= 4 is 38.1 Å². The zero-order valence-corrected chi connectivity index (χ0v) is 27.4. The Morgan fingerprint density at radius 2 is 1.89 bits per heavy atom. The Morgan fingerprint density at radius 1 is 1.11 bits per heavy atom. The van der Waals surface area contributed by atoms with Crippen molar-refractivity contribution < 1.29 is 22.3 Å². The molecule has 1 heterocycles. The molecule has 0 radical (unpaired) electrons. The molecule has 3 aliphatic rings. The van der Waals surface area contributed by atoms with E-state index in [-0.39, 0.29) is 17.5 Å². The number of alkyl halides is 1. The lowest BCUT2D eigenvalue weighted by Gasteiger charge is -2.29. The molecule has 3 aromatic rings. The minimum atomic E-state index is -4.01. The molecule has 0 bridgehead atoms. The van der Waals surface area contributed by atoms with Crippen LogP contribution < -0.4 is 19.5 Å². The number of aromatic nitrogens is 1. The smallest absolute Gasteiger partial charge is 0.241 e. The second kappa shape index (κ2) is 12.1. The highest BCUT2D eigenvalue weighted by Gasteiger charge is 2.35. The molecule has 11 heteroatoms. The number of halogens is 1. The van der Waals surface area contributed by atoms with E-state index in [0.29, 0.717) is 41.7 Å². The predicted octanol–water partition coefficient (Wildman–Crippen LogP) is 5.41. The quantitative estimate of drug-likeness (QED) is 0.254. The van der Waals surface area contributed by atoms with E-state index in [9.17, 15) is 12.8 Å². The van der Waals surface area contributed by atoms with Crippen LogP contribution in [0.1, 0.15) is 67.8 Å². The summed E-state index contributed by atoms with van der Waals surface area (Å²) < 4.78 is 55.7. The van der Waals surface area contributed by atoms with Gasteiger partial charge in [-0.25, -0.2) is 17.5 Å². The number of nitrogens with zero attached hydrogens (tertiary/aromatic N) is 2. The van der Waals surface area contributed by atoms with Gasteiger partial charge < -0.3 is 19.7 Å². The minimum Gasteiger partial charge on any atom is -0.497 e. The summed E-state index contributed by atoms with van der Waals surface area (Å²) in [6.07, 6.45) is 7.38. The van der Waals surface area contributed by atoms with Gasteiger partial charge in [0.15, 0.2) is 5.11 Å². The normalized spacial score (nSPS) is 18.2. The maximum Gasteiger partial charge on any atom is 0.241 e. The zero-order valence-electron chi connectivity index (χ0n) is 25.8. The lowest BCUT2D eigenvalue weighted by Crippen LogP contribution is -2.45. The Kier molecular flexibility index (Phi) is 8.49. The Labute approximate surface area is 264 Å². The molecule has 1 unspecified atom stereocenters. The van der Waals surface area contributed by atoms with Gasteiger partial charge in [-0.15, -0.1) is 0 Å². The van der Waals surface area contributed by atoms with E-state index in [4.69, 9.17) is 21.7 Å². The summed E-state index contributed by atoms with van der Waals surface area (Å²) >= 11 is 5.99. The monoisotopic (exact) mass is 640 g/mol. The largest absolute Gasteiger partial charge is 0.497 e. The van der Waals surface area contributed by atoms with Crippen LogP contribution in [0.25, 0.3) is 10.8 Å². The van der Waals surface area contributed by atoms with Gasteiger partial charge in [-0.2, -0.15) is 0 Å². The third-order valence-electron chi connectivity index (χ3n) is 8.70. The number of hydrogen-bond donors (Lipinski definition) is 2. The Hall–Kier alpha value is -3.02. The number of sulfonamides is 1. The van der Waals surface area contributed by atoms with Crippen LogP contribution in [0.15, 0.2) is 41.4 Å². The van der Waals surface area contributed by atoms with Crippen molar-refractivity contribution in [1.82, 2.24) is 19.9 Å². The number of pyridine rings is 1. The number of thiocarbonyl (C=S) groups is 1. The van der Waals surface area contributed by atoms with Gasteiger partial charge in [0.05, 0.1) is 19.1 Å². The molecule has 3 aliphatic carbocycles. The van der Waals surface area contributed by atoms with Crippen molar-refractivity contribution in [2.24, 2.45) is 5.92 Å². The first kappa shape index (κ1) is 31.0. The van der Waals surface area contributed by atoms with Gasteiger partial charge in [0, 0.05) is 65.9 Å². The Balaban J connectivity index is 1.28. The number of ether oxygens (including phenoxy) is 2. The number of rotatable bonds is 12. The third-order valence-corrected chi connectivity index (χ3v) is 10.6. The van der Waals surface area contributed by atoms with E-state index in [1.54, 1.807) is 20.4 Å². The van der Waals surface area contributed by atoms with Gasteiger partial charge in [0.25, 0.3) is 0 Å². The second-order valence-corrected chi connectivity index (χ2v) is 15.1. The molecule has 44 heavy (non-hydrogen) atoms. The number of fused-ring (bicyclic) bond motifs is 2. The molecule has 1 atom stereocenters. The summed E-state index contributed by atoms with van der Waals surface area (Å²) in [5, 5.41) is 5.63. The van der Waals surface area contributed by atoms with E-state index >= 15 is 0 Å². The van der Waals surface area contributed by atoms with Crippen molar-refractivity contribution in [3.8, 4) is 11.5 Å².